The van der Waals surface area contributed by atoms with Gasteiger partial charge in [0.1, 0.15) is 0 Å². The van der Waals surface area contributed by atoms with E-state index < -0.39 is 0 Å². The summed E-state index contributed by atoms with van der Waals surface area (Å²) in [7, 11) is 0. The lowest BCUT2D eigenvalue weighted by Gasteiger charge is -2.29. The SMILES string of the molecule is C1CC(CO[C@H]2CCCNC2)C1. The third kappa shape index (κ3) is 2.20. The van der Waals surface area contributed by atoms with Gasteiger partial charge in [-0.25, -0.2) is 0 Å². The summed E-state index contributed by atoms with van der Waals surface area (Å²) in [5, 5.41) is 3.37. The summed E-state index contributed by atoms with van der Waals surface area (Å²) in [6.45, 7) is 3.28. The van der Waals surface area contributed by atoms with Crippen LogP contribution >= 0.6 is 0 Å². The second kappa shape index (κ2) is 4.24. The van der Waals surface area contributed by atoms with Crippen molar-refractivity contribution < 1.29 is 4.74 Å². The summed E-state index contributed by atoms with van der Waals surface area (Å²) in [6.07, 6.45) is 7.30. The minimum Gasteiger partial charge on any atom is -0.377 e. The molecule has 0 amide bonds. The second-order valence-electron chi connectivity index (χ2n) is 4.10. The predicted molar refractivity (Wildman–Crippen MR) is 49.2 cm³/mol. The molecule has 1 atom stereocenters. The Bertz CT molecular complexity index is 128. The van der Waals surface area contributed by atoms with E-state index in [0.717, 1.165) is 19.1 Å². The number of rotatable bonds is 3. The number of hydrogen-bond donors (Lipinski definition) is 1. The molecule has 12 heavy (non-hydrogen) atoms. The molecule has 0 aromatic carbocycles. The van der Waals surface area contributed by atoms with E-state index in [2.05, 4.69) is 5.32 Å². The quantitative estimate of drug-likeness (QED) is 0.692. The average molecular weight is 169 g/mol. The third-order valence-corrected chi connectivity index (χ3v) is 3.04. The molecule has 2 aliphatic rings. The summed E-state index contributed by atoms with van der Waals surface area (Å²) < 4.78 is 5.82. The Morgan fingerprint density at radius 1 is 1.17 bits per heavy atom. The van der Waals surface area contributed by atoms with Gasteiger partial charge >= 0.3 is 0 Å². The molecule has 0 bridgehead atoms. The third-order valence-electron chi connectivity index (χ3n) is 3.04. The number of ether oxygens (including phenoxy) is 1. The van der Waals surface area contributed by atoms with Crippen LogP contribution in [0.5, 0.6) is 0 Å². The molecule has 1 saturated carbocycles. The smallest absolute Gasteiger partial charge is 0.0700 e. The van der Waals surface area contributed by atoms with E-state index in [1.54, 1.807) is 0 Å². The van der Waals surface area contributed by atoms with Gasteiger partial charge in [0.05, 0.1) is 6.10 Å². The van der Waals surface area contributed by atoms with Gasteiger partial charge in [0.2, 0.25) is 0 Å². The van der Waals surface area contributed by atoms with Gasteiger partial charge in [-0.1, -0.05) is 6.42 Å². The van der Waals surface area contributed by atoms with Crippen LogP contribution in [0.4, 0.5) is 0 Å². The molecule has 0 radical (unpaired) electrons. The zero-order valence-corrected chi connectivity index (χ0v) is 7.72. The first kappa shape index (κ1) is 8.52. The first-order valence-electron chi connectivity index (χ1n) is 5.27. The highest BCUT2D eigenvalue weighted by Crippen LogP contribution is 2.26. The molecule has 0 aromatic heterocycles. The van der Waals surface area contributed by atoms with Crippen LogP contribution in [0.2, 0.25) is 0 Å². The predicted octanol–water partition coefficient (Wildman–Crippen LogP) is 1.56. The minimum atomic E-state index is 0.513. The van der Waals surface area contributed by atoms with Crippen LogP contribution in [0.1, 0.15) is 32.1 Å². The molecule has 1 heterocycles. The number of hydrogen-bond acceptors (Lipinski definition) is 2. The van der Waals surface area contributed by atoms with E-state index >= 15 is 0 Å². The molecule has 2 heteroatoms. The lowest BCUT2D eigenvalue weighted by molar-refractivity contribution is -0.000508. The van der Waals surface area contributed by atoms with Gasteiger partial charge in [-0.3, -0.25) is 0 Å². The Balaban J connectivity index is 1.58. The van der Waals surface area contributed by atoms with Crippen molar-refractivity contribution in [3.05, 3.63) is 0 Å². The molecule has 1 N–H and O–H groups in total. The Morgan fingerprint density at radius 3 is 2.67 bits per heavy atom. The summed E-state index contributed by atoms with van der Waals surface area (Å²) in [6, 6.07) is 0. The lowest BCUT2D eigenvalue weighted by Crippen LogP contribution is -2.36. The zero-order valence-electron chi connectivity index (χ0n) is 7.72. The van der Waals surface area contributed by atoms with Crippen LogP contribution in [-0.2, 0) is 4.74 Å². The van der Waals surface area contributed by atoms with Gasteiger partial charge in [-0.2, -0.15) is 0 Å². The van der Waals surface area contributed by atoms with Crippen molar-refractivity contribution in [2.75, 3.05) is 19.7 Å². The van der Waals surface area contributed by atoms with Gasteiger partial charge in [0.25, 0.3) is 0 Å². The van der Waals surface area contributed by atoms with Crippen LogP contribution < -0.4 is 5.32 Å². The molecule has 1 aliphatic carbocycles. The molecule has 0 spiro atoms. The van der Waals surface area contributed by atoms with Crippen molar-refractivity contribution in [3.8, 4) is 0 Å². The molecule has 2 nitrogen and oxygen atoms in total. The first-order chi connectivity index (χ1) is 5.95. The Morgan fingerprint density at radius 2 is 2.08 bits per heavy atom. The van der Waals surface area contributed by atoms with Crippen molar-refractivity contribution in [3.63, 3.8) is 0 Å². The van der Waals surface area contributed by atoms with Gasteiger partial charge in [-0.05, 0) is 38.1 Å². The Hall–Kier alpha value is -0.0800. The van der Waals surface area contributed by atoms with E-state index in [9.17, 15) is 0 Å². The van der Waals surface area contributed by atoms with Gasteiger partial charge in [0.15, 0.2) is 0 Å². The van der Waals surface area contributed by atoms with E-state index in [4.69, 9.17) is 4.74 Å². The van der Waals surface area contributed by atoms with E-state index in [-0.39, 0.29) is 0 Å². The molecule has 1 aliphatic heterocycles. The monoisotopic (exact) mass is 169 g/mol. The summed E-state index contributed by atoms with van der Waals surface area (Å²) in [5.74, 6) is 0.895. The standard InChI is InChI=1S/C10H19NO/c1-3-9(4-1)8-12-10-5-2-6-11-7-10/h9-11H,1-8H2/t10-/m0/s1. The van der Waals surface area contributed by atoms with Gasteiger partial charge < -0.3 is 10.1 Å². The van der Waals surface area contributed by atoms with Gasteiger partial charge in [-0.15, -0.1) is 0 Å². The fourth-order valence-electron chi connectivity index (χ4n) is 1.89. The van der Waals surface area contributed by atoms with E-state index in [1.807, 2.05) is 0 Å². The maximum absolute atomic E-state index is 5.82. The molecular weight excluding hydrogens is 150 g/mol. The van der Waals surface area contributed by atoms with E-state index in [0.29, 0.717) is 6.10 Å². The van der Waals surface area contributed by atoms with Crippen molar-refractivity contribution in [1.29, 1.82) is 0 Å². The highest BCUT2D eigenvalue weighted by atomic mass is 16.5. The summed E-state index contributed by atoms with van der Waals surface area (Å²) in [5.41, 5.74) is 0. The highest BCUT2D eigenvalue weighted by Gasteiger charge is 2.20. The fourth-order valence-corrected chi connectivity index (χ4v) is 1.89. The molecule has 2 fully saturated rings. The number of nitrogens with one attached hydrogen (secondary N) is 1. The van der Waals surface area contributed by atoms with Crippen LogP contribution in [0, 0.1) is 5.92 Å². The lowest BCUT2D eigenvalue weighted by atomic mass is 9.86. The molecule has 1 saturated heterocycles. The molecule has 0 aromatic rings. The van der Waals surface area contributed by atoms with Crippen LogP contribution in [0.25, 0.3) is 0 Å². The molecular formula is C10H19NO. The summed E-state index contributed by atoms with van der Waals surface area (Å²) in [4.78, 5) is 0. The maximum Gasteiger partial charge on any atom is 0.0700 e. The average Bonchev–Trinajstić information content (AvgIpc) is 2.04. The Labute approximate surface area is 74.7 Å². The normalized spacial score (nSPS) is 31.5. The van der Waals surface area contributed by atoms with E-state index in [1.165, 1.54) is 38.6 Å². The molecule has 70 valence electrons. The van der Waals surface area contributed by atoms with Crippen molar-refractivity contribution in [2.24, 2.45) is 5.92 Å². The van der Waals surface area contributed by atoms with Crippen molar-refractivity contribution >= 4 is 0 Å². The minimum absolute atomic E-state index is 0.513. The Kier molecular flexibility index (Phi) is 3.01. The van der Waals surface area contributed by atoms with Crippen LogP contribution in [0.3, 0.4) is 0 Å². The van der Waals surface area contributed by atoms with Crippen molar-refractivity contribution in [1.82, 2.24) is 5.32 Å². The van der Waals surface area contributed by atoms with Crippen LogP contribution in [-0.4, -0.2) is 25.8 Å². The second-order valence-corrected chi connectivity index (χ2v) is 4.10. The van der Waals surface area contributed by atoms with Crippen molar-refractivity contribution in [2.45, 2.75) is 38.2 Å². The number of piperidine rings is 1. The topological polar surface area (TPSA) is 21.3 Å². The largest absolute Gasteiger partial charge is 0.377 e. The zero-order chi connectivity index (χ0) is 8.23. The van der Waals surface area contributed by atoms with Crippen LogP contribution in [0.15, 0.2) is 0 Å². The summed E-state index contributed by atoms with van der Waals surface area (Å²) >= 11 is 0. The maximum atomic E-state index is 5.82. The molecule has 0 unspecified atom stereocenters. The molecule has 2 rings (SSSR count). The van der Waals surface area contributed by atoms with Gasteiger partial charge in [0, 0.05) is 13.2 Å². The fraction of sp³-hybridized carbons (Fsp3) is 1.00. The first-order valence-corrected chi connectivity index (χ1v) is 5.27. The highest BCUT2D eigenvalue weighted by molar-refractivity contribution is 4.72.